The van der Waals surface area contributed by atoms with Crippen LogP contribution >= 0.6 is 0 Å². The van der Waals surface area contributed by atoms with E-state index >= 15 is 0 Å². The molecule has 0 spiro atoms. The number of allylic oxidation sites excluding steroid dienone is 2. The summed E-state index contributed by atoms with van der Waals surface area (Å²) in [5, 5.41) is 26.8. The van der Waals surface area contributed by atoms with Crippen molar-refractivity contribution < 1.29 is 19.8 Å². The van der Waals surface area contributed by atoms with Crippen molar-refractivity contribution in [3.8, 4) is 0 Å². The molecule has 134 valence electrons. The van der Waals surface area contributed by atoms with Crippen LogP contribution in [-0.4, -0.2) is 22.2 Å². The summed E-state index contributed by atoms with van der Waals surface area (Å²) >= 11 is 0. The van der Waals surface area contributed by atoms with Gasteiger partial charge in [-0.05, 0) is 37.0 Å². The van der Waals surface area contributed by atoms with Gasteiger partial charge in [-0.15, -0.1) is 5.11 Å². The summed E-state index contributed by atoms with van der Waals surface area (Å²) in [6.45, 7) is 4.14. The Balaban J connectivity index is 2.33. The third-order valence-electron chi connectivity index (χ3n) is 4.27. The zero-order valence-corrected chi connectivity index (χ0v) is 14.6. The van der Waals surface area contributed by atoms with Gasteiger partial charge < -0.3 is 10.2 Å². The molecule has 1 aliphatic carbocycles. The number of aromatic carboxylic acids is 2. The van der Waals surface area contributed by atoms with Crippen LogP contribution in [0.15, 0.2) is 40.2 Å². The smallest absolute Gasteiger partial charge is 0.337 e. The second-order valence-corrected chi connectivity index (χ2v) is 6.71. The minimum atomic E-state index is -1.22. The second-order valence-electron chi connectivity index (χ2n) is 6.71. The Hall–Kier alpha value is -2.50. The molecule has 0 amide bonds. The van der Waals surface area contributed by atoms with Gasteiger partial charge in [-0.1, -0.05) is 39.2 Å². The molecule has 0 atom stereocenters. The first-order valence-electron chi connectivity index (χ1n) is 8.62. The summed E-state index contributed by atoms with van der Waals surface area (Å²) in [6, 6.07) is 3.85. The summed E-state index contributed by atoms with van der Waals surface area (Å²) in [5.74, 6) is -1.71. The summed E-state index contributed by atoms with van der Waals surface area (Å²) in [5.41, 5.74) is 0.828. The van der Waals surface area contributed by atoms with Crippen molar-refractivity contribution in [3.63, 3.8) is 0 Å². The number of carbonyl (C=O) groups is 2. The van der Waals surface area contributed by atoms with Gasteiger partial charge in [-0.25, -0.2) is 9.59 Å². The summed E-state index contributed by atoms with van der Waals surface area (Å²) in [7, 11) is 0. The Labute approximate surface area is 147 Å². The molecule has 1 fully saturated rings. The van der Waals surface area contributed by atoms with E-state index in [9.17, 15) is 14.7 Å². The Kier molecular flexibility index (Phi) is 6.44. The molecule has 0 saturated heterocycles. The molecule has 1 aromatic rings. The highest BCUT2D eigenvalue weighted by molar-refractivity contribution is 5.97. The van der Waals surface area contributed by atoms with Gasteiger partial charge in [0.15, 0.2) is 0 Å². The van der Waals surface area contributed by atoms with Crippen LogP contribution in [0.1, 0.15) is 66.7 Å². The summed E-state index contributed by atoms with van der Waals surface area (Å²) in [4.78, 5) is 22.4. The number of benzene rings is 1. The monoisotopic (exact) mass is 344 g/mol. The normalized spacial score (nSPS) is 16.5. The maximum absolute atomic E-state index is 11.4. The number of nitrogens with zero attached hydrogens (tertiary/aromatic N) is 2. The van der Waals surface area contributed by atoms with Gasteiger partial charge in [-0.3, -0.25) is 0 Å². The van der Waals surface area contributed by atoms with Crippen molar-refractivity contribution in [3.05, 3.63) is 41.1 Å². The highest BCUT2D eigenvalue weighted by Gasteiger charge is 2.19. The lowest BCUT2D eigenvalue weighted by molar-refractivity contribution is 0.0696. The van der Waals surface area contributed by atoms with Gasteiger partial charge in [0, 0.05) is 5.92 Å². The van der Waals surface area contributed by atoms with Crippen molar-refractivity contribution in [1.29, 1.82) is 0 Å². The van der Waals surface area contributed by atoms with Crippen LogP contribution in [0.3, 0.4) is 0 Å². The number of hydrogen-bond acceptors (Lipinski definition) is 4. The van der Waals surface area contributed by atoms with Crippen LogP contribution < -0.4 is 0 Å². The predicted octanol–water partition coefficient (Wildman–Crippen LogP) is 5.29. The third kappa shape index (κ3) is 5.24. The van der Waals surface area contributed by atoms with Crippen LogP contribution in [0.25, 0.3) is 0 Å². The number of rotatable bonds is 6. The molecule has 1 aromatic carbocycles. The lowest BCUT2D eigenvalue weighted by atomic mass is 9.86. The molecule has 6 nitrogen and oxygen atoms in total. The quantitative estimate of drug-likeness (QED) is 0.685. The van der Waals surface area contributed by atoms with Crippen LogP contribution in [-0.2, 0) is 0 Å². The number of carboxylic acid groups (broad SMARTS) is 2. The van der Waals surface area contributed by atoms with Crippen molar-refractivity contribution in [2.24, 2.45) is 22.1 Å². The topological polar surface area (TPSA) is 99.3 Å². The largest absolute Gasteiger partial charge is 0.478 e. The molecule has 2 N–H and O–H groups in total. The maximum atomic E-state index is 11.4. The summed E-state index contributed by atoms with van der Waals surface area (Å²) in [6.07, 6.45) is 7.79. The fourth-order valence-electron chi connectivity index (χ4n) is 3.03. The average molecular weight is 344 g/mol. The number of azo groups is 1. The van der Waals surface area contributed by atoms with E-state index in [1.165, 1.54) is 31.4 Å². The van der Waals surface area contributed by atoms with Gasteiger partial charge in [0.1, 0.15) is 5.69 Å². The Morgan fingerprint density at radius 2 is 1.80 bits per heavy atom. The molecular weight excluding hydrogens is 320 g/mol. The Morgan fingerprint density at radius 1 is 1.12 bits per heavy atom. The van der Waals surface area contributed by atoms with E-state index in [0.717, 1.165) is 24.6 Å². The minimum absolute atomic E-state index is 0.0819. The molecule has 6 heteroatoms. The molecule has 0 aromatic heterocycles. The molecule has 2 rings (SSSR count). The molecule has 1 saturated carbocycles. The van der Waals surface area contributed by atoms with Crippen molar-refractivity contribution in [1.82, 2.24) is 0 Å². The fourth-order valence-corrected chi connectivity index (χ4v) is 3.03. The number of hydrogen-bond donors (Lipinski definition) is 2. The first-order valence-corrected chi connectivity index (χ1v) is 8.62. The average Bonchev–Trinajstić information content (AvgIpc) is 2.58. The van der Waals surface area contributed by atoms with E-state index in [1.807, 2.05) is 0 Å². The van der Waals surface area contributed by atoms with Crippen LogP contribution in [0.4, 0.5) is 5.69 Å². The van der Waals surface area contributed by atoms with Gasteiger partial charge in [-0.2, -0.15) is 5.11 Å². The predicted molar refractivity (Wildman–Crippen MR) is 94.4 cm³/mol. The Bertz CT molecular complexity index is 701. The molecule has 1 aliphatic rings. The van der Waals surface area contributed by atoms with E-state index < -0.39 is 11.9 Å². The van der Waals surface area contributed by atoms with E-state index in [1.54, 1.807) is 0 Å². The van der Waals surface area contributed by atoms with Gasteiger partial charge in [0.2, 0.25) is 0 Å². The second kappa shape index (κ2) is 8.55. The van der Waals surface area contributed by atoms with Gasteiger partial charge in [0.05, 0.1) is 16.8 Å². The molecule has 25 heavy (non-hydrogen) atoms. The SMILES string of the molecule is CC(C)/C=C(\N=Nc1ccc(C(=O)O)cc1C(=O)O)C1CCCCC1. The van der Waals surface area contributed by atoms with Crippen molar-refractivity contribution in [2.45, 2.75) is 46.0 Å². The standard InChI is InChI=1S/C19H24N2O4/c1-12(2)10-17(13-6-4-3-5-7-13)21-20-16-9-8-14(18(22)23)11-15(16)19(24)25/h8-13H,3-7H2,1-2H3,(H,22,23)(H,24,25)/b17-10-,21-20?. The maximum Gasteiger partial charge on any atom is 0.337 e. The fraction of sp³-hybridized carbons (Fsp3) is 0.474. The molecular formula is C19H24N2O4. The van der Waals surface area contributed by atoms with E-state index in [0.29, 0.717) is 11.8 Å². The zero-order chi connectivity index (χ0) is 18.4. The Morgan fingerprint density at radius 3 is 2.36 bits per heavy atom. The van der Waals surface area contributed by atoms with Gasteiger partial charge in [0.25, 0.3) is 0 Å². The lowest BCUT2D eigenvalue weighted by Gasteiger charge is -2.22. The minimum Gasteiger partial charge on any atom is -0.478 e. The first kappa shape index (κ1) is 18.8. The zero-order valence-electron chi connectivity index (χ0n) is 14.6. The highest BCUT2D eigenvalue weighted by atomic mass is 16.4. The molecule has 0 aliphatic heterocycles. The van der Waals surface area contributed by atoms with Crippen LogP contribution in [0.5, 0.6) is 0 Å². The van der Waals surface area contributed by atoms with Crippen molar-refractivity contribution >= 4 is 17.6 Å². The lowest BCUT2D eigenvalue weighted by Crippen LogP contribution is -2.08. The molecule has 0 unspecified atom stereocenters. The van der Waals surface area contributed by atoms with E-state index in [-0.39, 0.29) is 16.8 Å². The molecule has 0 heterocycles. The van der Waals surface area contributed by atoms with E-state index in [4.69, 9.17) is 5.11 Å². The van der Waals surface area contributed by atoms with Crippen molar-refractivity contribution in [2.75, 3.05) is 0 Å². The third-order valence-corrected chi connectivity index (χ3v) is 4.27. The van der Waals surface area contributed by atoms with Gasteiger partial charge >= 0.3 is 11.9 Å². The number of carboxylic acids is 2. The summed E-state index contributed by atoms with van der Waals surface area (Å²) < 4.78 is 0. The van der Waals surface area contributed by atoms with Crippen LogP contribution in [0, 0.1) is 11.8 Å². The molecule has 0 radical (unpaired) electrons. The first-order chi connectivity index (χ1) is 11.9. The van der Waals surface area contributed by atoms with E-state index in [2.05, 4.69) is 30.2 Å². The van der Waals surface area contributed by atoms with Crippen LogP contribution in [0.2, 0.25) is 0 Å². The highest BCUT2D eigenvalue weighted by Crippen LogP contribution is 2.32. The molecule has 0 bridgehead atoms.